The van der Waals surface area contributed by atoms with Crippen LogP contribution in [0.5, 0.6) is 0 Å². The predicted molar refractivity (Wildman–Crippen MR) is 71.5 cm³/mol. The van der Waals surface area contributed by atoms with Gasteiger partial charge in [0.2, 0.25) is 0 Å². The van der Waals surface area contributed by atoms with Crippen molar-refractivity contribution in [3.05, 3.63) is 0 Å². The maximum absolute atomic E-state index is 5.87. The van der Waals surface area contributed by atoms with Gasteiger partial charge in [0.05, 0.1) is 0 Å². The zero-order valence-corrected chi connectivity index (χ0v) is 11.8. The number of hydrogen-bond donors (Lipinski definition) is 1. The van der Waals surface area contributed by atoms with Crippen molar-refractivity contribution in [2.45, 2.75) is 59.4 Å². The third kappa shape index (κ3) is 3.46. The van der Waals surface area contributed by atoms with Gasteiger partial charge in [0, 0.05) is 12.1 Å². The highest BCUT2D eigenvalue weighted by atomic mass is 15.2. The highest BCUT2D eigenvalue weighted by molar-refractivity contribution is 4.86. The third-order valence-electron chi connectivity index (χ3n) is 4.31. The van der Waals surface area contributed by atoms with Crippen molar-refractivity contribution in [3.8, 4) is 0 Å². The number of hydrogen-bond acceptors (Lipinski definition) is 2. The lowest BCUT2D eigenvalue weighted by molar-refractivity contribution is 0.125. The van der Waals surface area contributed by atoms with Gasteiger partial charge in [0.15, 0.2) is 0 Å². The molecular weight excluding hydrogens is 196 g/mol. The van der Waals surface area contributed by atoms with Gasteiger partial charge in [-0.1, -0.05) is 20.8 Å². The SMILES string of the molecule is CC(C)(C)C1CCCN(C(C)(C)CN)CC1. The van der Waals surface area contributed by atoms with E-state index in [0.29, 0.717) is 5.41 Å². The molecule has 1 aliphatic rings. The summed E-state index contributed by atoms with van der Waals surface area (Å²) in [6, 6.07) is 0. The summed E-state index contributed by atoms with van der Waals surface area (Å²) < 4.78 is 0. The summed E-state index contributed by atoms with van der Waals surface area (Å²) in [5, 5.41) is 0. The van der Waals surface area contributed by atoms with E-state index < -0.39 is 0 Å². The van der Waals surface area contributed by atoms with Crippen molar-refractivity contribution in [2.24, 2.45) is 17.1 Å². The first kappa shape index (κ1) is 14.0. The number of nitrogens with zero attached hydrogens (tertiary/aromatic N) is 1. The first-order valence-corrected chi connectivity index (χ1v) is 6.72. The minimum Gasteiger partial charge on any atom is -0.329 e. The zero-order valence-electron chi connectivity index (χ0n) is 11.8. The minimum absolute atomic E-state index is 0.173. The summed E-state index contributed by atoms with van der Waals surface area (Å²) in [6.45, 7) is 14.9. The molecule has 2 N–H and O–H groups in total. The second-order valence-corrected chi connectivity index (χ2v) is 7.00. The van der Waals surface area contributed by atoms with Crippen LogP contribution in [0.25, 0.3) is 0 Å². The summed E-state index contributed by atoms with van der Waals surface area (Å²) in [7, 11) is 0. The minimum atomic E-state index is 0.173. The van der Waals surface area contributed by atoms with E-state index in [1.54, 1.807) is 0 Å². The van der Waals surface area contributed by atoms with E-state index in [1.807, 2.05) is 0 Å². The standard InChI is InChI=1S/C14H30N2/c1-13(2,3)12-7-6-9-16(10-8-12)14(4,5)11-15/h12H,6-11,15H2,1-5H3. The Morgan fingerprint density at radius 3 is 2.19 bits per heavy atom. The topological polar surface area (TPSA) is 29.3 Å². The number of likely N-dealkylation sites (tertiary alicyclic amines) is 1. The summed E-state index contributed by atoms with van der Waals surface area (Å²) >= 11 is 0. The van der Waals surface area contributed by atoms with E-state index in [4.69, 9.17) is 5.73 Å². The molecule has 1 unspecified atom stereocenters. The van der Waals surface area contributed by atoms with Crippen LogP contribution < -0.4 is 5.73 Å². The van der Waals surface area contributed by atoms with E-state index in [2.05, 4.69) is 39.5 Å². The molecule has 2 nitrogen and oxygen atoms in total. The molecule has 1 fully saturated rings. The maximum atomic E-state index is 5.87. The monoisotopic (exact) mass is 226 g/mol. The Balaban J connectivity index is 2.60. The molecule has 0 aromatic heterocycles. The second-order valence-electron chi connectivity index (χ2n) is 7.00. The first-order chi connectivity index (χ1) is 7.27. The van der Waals surface area contributed by atoms with E-state index in [-0.39, 0.29) is 5.54 Å². The number of rotatable bonds is 2. The quantitative estimate of drug-likeness (QED) is 0.784. The molecule has 0 aliphatic carbocycles. The normalized spacial score (nSPS) is 25.5. The van der Waals surface area contributed by atoms with Crippen molar-refractivity contribution in [2.75, 3.05) is 19.6 Å². The van der Waals surface area contributed by atoms with E-state index in [0.717, 1.165) is 12.5 Å². The molecule has 0 spiro atoms. The van der Waals surface area contributed by atoms with Gasteiger partial charge >= 0.3 is 0 Å². The Morgan fingerprint density at radius 2 is 1.69 bits per heavy atom. The van der Waals surface area contributed by atoms with E-state index in [9.17, 15) is 0 Å². The molecule has 1 heterocycles. The molecule has 0 saturated carbocycles. The predicted octanol–water partition coefficient (Wildman–Crippen LogP) is 2.87. The van der Waals surface area contributed by atoms with Gasteiger partial charge in [-0.25, -0.2) is 0 Å². The molecule has 1 aliphatic heterocycles. The van der Waals surface area contributed by atoms with Crippen LogP contribution >= 0.6 is 0 Å². The first-order valence-electron chi connectivity index (χ1n) is 6.72. The lowest BCUT2D eigenvalue weighted by Gasteiger charge is -2.37. The molecule has 0 amide bonds. The van der Waals surface area contributed by atoms with Crippen LogP contribution in [-0.4, -0.2) is 30.1 Å². The Labute approximate surface area is 102 Å². The average molecular weight is 226 g/mol. The van der Waals surface area contributed by atoms with Crippen molar-refractivity contribution < 1.29 is 0 Å². The summed E-state index contributed by atoms with van der Waals surface area (Å²) in [5.41, 5.74) is 6.50. The average Bonchev–Trinajstić information content (AvgIpc) is 2.42. The smallest absolute Gasteiger partial charge is 0.0275 e. The van der Waals surface area contributed by atoms with E-state index in [1.165, 1.54) is 32.4 Å². The van der Waals surface area contributed by atoms with Gasteiger partial charge in [0.1, 0.15) is 0 Å². The fraction of sp³-hybridized carbons (Fsp3) is 1.00. The Kier molecular flexibility index (Phi) is 4.42. The Bertz CT molecular complexity index is 215. The molecule has 1 rings (SSSR count). The van der Waals surface area contributed by atoms with Crippen LogP contribution in [-0.2, 0) is 0 Å². The Hall–Kier alpha value is -0.0800. The molecule has 2 heteroatoms. The molecule has 0 radical (unpaired) electrons. The molecule has 1 saturated heterocycles. The van der Waals surface area contributed by atoms with Crippen molar-refractivity contribution in [1.82, 2.24) is 4.90 Å². The highest BCUT2D eigenvalue weighted by Crippen LogP contribution is 2.35. The van der Waals surface area contributed by atoms with Gasteiger partial charge < -0.3 is 5.73 Å². The molecule has 1 atom stereocenters. The molecule has 0 bridgehead atoms. The fourth-order valence-corrected chi connectivity index (χ4v) is 2.70. The molecular formula is C14H30N2. The fourth-order valence-electron chi connectivity index (χ4n) is 2.70. The van der Waals surface area contributed by atoms with Gasteiger partial charge in [-0.05, 0) is 57.5 Å². The lowest BCUT2D eigenvalue weighted by atomic mass is 9.77. The van der Waals surface area contributed by atoms with Crippen molar-refractivity contribution >= 4 is 0 Å². The Morgan fingerprint density at radius 1 is 1.06 bits per heavy atom. The second kappa shape index (κ2) is 5.05. The highest BCUT2D eigenvalue weighted by Gasteiger charge is 2.31. The molecule has 16 heavy (non-hydrogen) atoms. The maximum Gasteiger partial charge on any atom is 0.0275 e. The van der Waals surface area contributed by atoms with Crippen molar-refractivity contribution in [3.63, 3.8) is 0 Å². The molecule has 96 valence electrons. The third-order valence-corrected chi connectivity index (χ3v) is 4.31. The zero-order chi connectivity index (χ0) is 12.4. The van der Waals surface area contributed by atoms with Crippen LogP contribution in [0.3, 0.4) is 0 Å². The van der Waals surface area contributed by atoms with Crippen LogP contribution in [0.15, 0.2) is 0 Å². The van der Waals surface area contributed by atoms with E-state index >= 15 is 0 Å². The largest absolute Gasteiger partial charge is 0.329 e. The van der Waals surface area contributed by atoms with Gasteiger partial charge in [-0.15, -0.1) is 0 Å². The van der Waals surface area contributed by atoms with Gasteiger partial charge in [0.25, 0.3) is 0 Å². The van der Waals surface area contributed by atoms with Crippen LogP contribution in [0.4, 0.5) is 0 Å². The van der Waals surface area contributed by atoms with Crippen LogP contribution in [0.1, 0.15) is 53.9 Å². The van der Waals surface area contributed by atoms with Crippen molar-refractivity contribution in [1.29, 1.82) is 0 Å². The van der Waals surface area contributed by atoms with Gasteiger partial charge in [-0.2, -0.15) is 0 Å². The summed E-state index contributed by atoms with van der Waals surface area (Å²) in [6.07, 6.45) is 4.03. The van der Waals surface area contributed by atoms with Gasteiger partial charge in [-0.3, -0.25) is 4.90 Å². The molecule has 0 aromatic carbocycles. The number of nitrogens with two attached hydrogens (primary N) is 1. The summed E-state index contributed by atoms with van der Waals surface area (Å²) in [5.74, 6) is 0.867. The van der Waals surface area contributed by atoms with Crippen LogP contribution in [0, 0.1) is 11.3 Å². The summed E-state index contributed by atoms with van der Waals surface area (Å²) in [4.78, 5) is 2.58. The lowest BCUT2D eigenvalue weighted by Crippen LogP contribution is -2.49. The van der Waals surface area contributed by atoms with Crippen LogP contribution in [0.2, 0.25) is 0 Å². The molecule has 0 aromatic rings.